The first-order valence-corrected chi connectivity index (χ1v) is 5.70. The monoisotopic (exact) mass is 237 g/mol. The van der Waals surface area contributed by atoms with E-state index in [0.717, 1.165) is 0 Å². The van der Waals surface area contributed by atoms with Crippen molar-refractivity contribution in [3.8, 4) is 0 Å². The van der Waals surface area contributed by atoms with Crippen LogP contribution in [0, 0.1) is 0 Å². The van der Waals surface area contributed by atoms with Crippen LogP contribution >= 0.6 is 0 Å². The SMILES string of the molecule is CN1C=CC=CC1=C1C(=O)c2ccccc2C1=O. The number of benzene rings is 1. The molecule has 3 heteroatoms. The zero-order chi connectivity index (χ0) is 12.7. The van der Waals surface area contributed by atoms with Gasteiger partial charge in [0.05, 0.1) is 11.3 Å². The van der Waals surface area contributed by atoms with Crippen molar-refractivity contribution in [3.05, 3.63) is 71.1 Å². The molecule has 0 N–H and O–H groups in total. The number of fused-ring (bicyclic) bond motifs is 1. The maximum atomic E-state index is 12.3. The van der Waals surface area contributed by atoms with Crippen molar-refractivity contribution in [1.82, 2.24) is 4.90 Å². The second-order valence-electron chi connectivity index (χ2n) is 4.28. The lowest BCUT2D eigenvalue weighted by atomic mass is 10.1. The molecule has 0 atom stereocenters. The number of allylic oxidation sites excluding steroid dienone is 4. The minimum atomic E-state index is -0.183. The fraction of sp³-hybridized carbons (Fsp3) is 0.0667. The van der Waals surface area contributed by atoms with Crippen LogP contribution in [-0.2, 0) is 0 Å². The van der Waals surface area contributed by atoms with Crippen molar-refractivity contribution in [2.75, 3.05) is 7.05 Å². The standard InChI is InChI=1S/C15H11NO2/c1-16-9-5-4-8-12(16)13-14(17)10-6-2-3-7-11(10)15(13)18/h2-9H,1H3. The van der Waals surface area contributed by atoms with Crippen molar-refractivity contribution in [2.45, 2.75) is 0 Å². The predicted molar refractivity (Wildman–Crippen MR) is 68.2 cm³/mol. The highest BCUT2D eigenvalue weighted by atomic mass is 16.2. The molecule has 18 heavy (non-hydrogen) atoms. The van der Waals surface area contributed by atoms with Gasteiger partial charge in [0.2, 0.25) is 0 Å². The number of Topliss-reactive ketones (excluding diaryl/α,β-unsaturated/α-hetero) is 2. The number of carbonyl (C=O) groups is 2. The molecule has 1 aromatic carbocycles. The van der Waals surface area contributed by atoms with Gasteiger partial charge < -0.3 is 4.90 Å². The average Bonchev–Trinajstić information content (AvgIpc) is 2.64. The maximum absolute atomic E-state index is 12.3. The third-order valence-electron chi connectivity index (χ3n) is 3.18. The lowest BCUT2D eigenvalue weighted by molar-refractivity contribution is 0.0985. The van der Waals surface area contributed by atoms with Crippen molar-refractivity contribution >= 4 is 11.6 Å². The van der Waals surface area contributed by atoms with E-state index < -0.39 is 0 Å². The molecule has 0 fully saturated rings. The van der Waals surface area contributed by atoms with Crippen LogP contribution in [0.3, 0.4) is 0 Å². The van der Waals surface area contributed by atoms with Gasteiger partial charge in [-0.15, -0.1) is 0 Å². The summed E-state index contributed by atoms with van der Waals surface area (Å²) in [4.78, 5) is 26.4. The molecule has 0 spiro atoms. The van der Waals surface area contributed by atoms with Crippen LogP contribution in [0.15, 0.2) is 60.0 Å². The third-order valence-corrected chi connectivity index (χ3v) is 3.18. The summed E-state index contributed by atoms with van der Waals surface area (Å²) in [5.41, 5.74) is 1.92. The first-order valence-electron chi connectivity index (χ1n) is 5.70. The zero-order valence-electron chi connectivity index (χ0n) is 9.88. The van der Waals surface area contributed by atoms with Gasteiger partial charge in [0, 0.05) is 24.4 Å². The summed E-state index contributed by atoms with van der Waals surface area (Å²) in [7, 11) is 1.83. The van der Waals surface area contributed by atoms with E-state index in [1.165, 1.54) is 0 Å². The first kappa shape index (κ1) is 10.7. The quantitative estimate of drug-likeness (QED) is 0.513. The van der Waals surface area contributed by atoms with E-state index >= 15 is 0 Å². The molecule has 0 aromatic heterocycles. The summed E-state index contributed by atoms with van der Waals surface area (Å²) in [5.74, 6) is -0.366. The van der Waals surface area contributed by atoms with Gasteiger partial charge in [0.15, 0.2) is 11.6 Å². The van der Waals surface area contributed by atoms with Crippen LogP contribution in [-0.4, -0.2) is 23.5 Å². The van der Waals surface area contributed by atoms with E-state index in [2.05, 4.69) is 0 Å². The van der Waals surface area contributed by atoms with Gasteiger partial charge in [-0.3, -0.25) is 9.59 Å². The molecular formula is C15H11NO2. The van der Waals surface area contributed by atoms with Gasteiger partial charge in [-0.25, -0.2) is 0 Å². The number of hydrogen-bond acceptors (Lipinski definition) is 3. The normalized spacial score (nSPS) is 17.7. The topological polar surface area (TPSA) is 37.4 Å². The molecule has 0 saturated carbocycles. The number of carbonyl (C=O) groups excluding carboxylic acids is 2. The highest BCUT2D eigenvalue weighted by molar-refractivity contribution is 6.39. The van der Waals surface area contributed by atoms with Crippen molar-refractivity contribution < 1.29 is 9.59 Å². The van der Waals surface area contributed by atoms with Gasteiger partial charge in [0.1, 0.15) is 0 Å². The third kappa shape index (κ3) is 1.37. The molecule has 2 aliphatic rings. The van der Waals surface area contributed by atoms with Crippen LogP contribution in [0.1, 0.15) is 20.7 Å². The number of likely N-dealkylation sites (N-methyl/N-ethyl adjacent to an activating group) is 1. The number of rotatable bonds is 0. The van der Waals surface area contributed by atoms with E-state index in [0.29, 0.717) is 16.8 Å². The lowest BCUT2D eigenvalue weighted by Gasteiger charge is -2.19. The van der Waals surface area contributed by atoms with Gasteiger partial charge in [-0.05, 0) is 12.2 Å². The smallest absolute Gasteiger partial charge is 0.199 e. The van der Waals surface area contributed by atoms with Gasteiger partial charge >= 0.3 is 0 Å². The average molecular weight is 237 g/mol. The fourth-order valence-electron chi connectivity index (χ4n) is 2.27. The highest BCUT2D eigenvalue weighted by Gasteiger charge is 2.35. The summed E-state index contributed by atoms with van der Waals surface area (Å²) in [6.07, 6.45) is 7.30. The molecule has 3 nitrogen and oxygen atoms in total. The van der Waals surface area contributed by atoms with E-state index in [1.54, 1.807) is 35.2 Å². The number of nitrogens with zero attached hydrogens (tertiary/aromatic N) is 1. The molecule has 0 bridgehead atoms. The molecule has 0 saturated heterocycles. The molecule has 0 amide bonds. The molecule has 1 heterocycles. The largest absolute Gasteiger partial charge is 0.350 e. The van der Waals surface area contributed by atoms with Gasteiger partial charge in [0.25, 0.3) is 0 Å². The predicted octanol–water partition coefficient (Wildman–Crippen LogP) is 2.34. The van der Waals surface area contributed by atoms with E-state index in [9.17, 15) is 9.59 Å². The Morgan fingerprint density at radius 3 is 2.11 bits per heavy atom. The van der Waals surface area contributed by atoms with Gasteiger partial charge in [-0.2, -0.15) is 0 Å². The minimum Gasteiger partial charge on any atom is -0.350 e. The van der Waals surface area contributed by atoms with E-state index in [4.69, 9.17) is 0 Å². The zero-order valence-corrected chi connectivity index (χ0v) is 9.88. The number of ketones is 2. The second kappa shape index (κ2) is 3.81. The molecule has 1 aliphatic carbocycles. The Hall–Kier alpha value is -2.42. The molecule has 1 aliphatic heterocycles. The first-order chi connectivity index (χ1) is 8.70. The van der Waals surface area contributed by atoms with Gasteiger partial charge in [-0.1, -0.05) is 30.3 Å². The van der Waals surface area contributed by atoms with Crippen LogP contribution in [0.25, 0.3) is 0 Å². The Morgan fingerprint density at radius 2 is 1.56 bits per heavy atom. The Morgan fingerprint density at radius 1 is 0.944 bits per heavy atom. The lowest BCUT2D eigenvalue weighted by Crippen LogP contribution is -2.17. The molecular weight excluding hydrogens is 226 g/mol. The Labute approximate surface area is 105 Å². The van der Waals surface area contributed by atoms with Crippen LogP contribution < -0.4 is 0 Å². The Bertz CT molecular complexity index is 613. The molecule has 0 unspecified atom stereocenters. The second-order valence-corrected chi connectivity index (χ2v) is 4.28. The molecule has 3 rings (SSSR count). The van der Waals surface area contributed by atoms with Crippen LogP contribution in [0.2, 0.25) is 0 Å². The summed E-state index contributed by atoms with van der Waals surface area (Å²) in [5, 5.41) is 0. The van der Waals surface area contributed by atoms with Crippen LogP contribution in [0.5, 0.6) is 0 Å². The van der Waals surface area contributed by atoms with E-state index in [1.807, 2.05) is 25.4 Å². The Kier molecular flexibility index (Phi) is 2.27. The van der Waals surface area contributed by atoms with E-state index in [-0.39, 0.29) is 17.1 Å². The molecule has 1 aromatic rings. The minimum absolute atomic E-state index is 0.183. The summed E-state index contributed by atoms with van der Waals surface area (Å²) < 4.78 is 0. The summed E-state index contributed by atoms with van der Waals surface area (Å²) in [6.45, 7) is 0. The molecule has 0 radical (unpaired) electrons. The van der Waals surface area contributed by atoms with Crippen molar-refractivity contribution in [2.24, 2.45) is 0 Å². The summed E-state index contributed by atoms with van der Waals surface area (Å²) in [6, 6.07) is 6.95. The fourth-order valence-corrected chi connectivity index (χ4v) is 2.27. The number of hydrogen-bond donors (Lipinski definition) is 0. The Balaban J connectivity index is 2.21. The summed E-state index contributed by atoms with van der Waals surface area (Å²) >= 11 is 0. The highest BCUT2D eigenvalue weighted by Crippen LogP contribution is 2.30. The van der Waals surface area contributed by atoms with Crippen molar-refractivity contribution in [3.63, 3.8) is 0 Å². The van der Waals surface area contributed by atoms with Crippen LogP contribution in [0.4, 0.5) is 0 Å². The van der Waals surface area contributed by atoms with Crippen molar-refractivity contribution in [1.29, 1.82) is 0 Å². The molecule has 88 valence electrons. The maximum Gasteiger partial charge on any atom is 0.199 e.